The van der Waals surface area contributed by atoms with E-state index in [1.54, 1.807) is 0 Å². The Morgan fingerprint density at radius 2 is 2.06 bits per heavy atom. The Bertz CT molecular complexity index is 591. The molecule has 0 atom stereocenters. The summed E-state index contributed by atoms with van der Waals surface area (Å²) in [7, 11) is 0. The van der Waals surface area contributed by atoms with Gasteiger partial charge in [0.05, 0.1) is 10.6 Å². The van der Waals surface area contributed by atoms with Crippen LogP contribution in [0, 0.1) is 10.1 Å². The minimum Gasteiger partial charge on any atom is -0.287 e. The molecule has 0 aliphatic carbocycles. The number of carbonyl (C=O) groups is 1. The van der Waals surface area contributed by atoms with Gasteiger partial charge in [0.2, 0.25) is 5.82 Å². The van der Waals surface area contributed by atoms with Crippen molar-refractivity contribution in [3.63, 3.8) is 0 Å². The molecule has 18 heavy (non-hydrogen) atoms. The number of nitro groups is 1. The summed E-state index contributed by atoms with van der Waals surface area (Å²) in [5.41, 5.74) is 2.42. The topological polar surface area (TPSA) is 129 Å². The molecule has 0 radical (unpaired) electrons. The lowest BCUT2D eigenvalue weighted by molar-refractivity contribution is -0.384. The number of non-ortho nitro benzene ring substituents is 1. The van der Waals surface area contributed by atoms with Crippen LogP contribution in [0.2, 0.25) is 0 Å². The van der Waals surface area contributed by atoms with Crippen molar-refractivity contribution in [1.82, 2.24) is 20.2 Å². The maximum Gasteiger partial charge on any atom is 0.304 e. The lowest BCUT2D eigenvalue weighted by Crippen LogP contribution is -2.31. The smallest absolute Gasteiger partial charge is 0.287 e. The van der Waals surface area contributed by atoms with Gasteiger partial charge in [-0.15, -0.1) is 5.10 Å². The van der Waals surface area contributed by atoms with Crippen molar-refractivity contribution >= 4 is 11.6 Å². The average Bonchev–Trinajstić information content (AvgIpc) is 2.87. The molecular formula is C9H8N6O3. The van der Waals surface area contributed by atoms with Crippen molar-refractivity contribution < 1.29 is 9.72 Å². The number of hydrogen-bond acceptors (Lipinski definition) is 6. The molecular weight excluding hydrogens is 240 g/mol. The third-order valence-corrected chi connectivity index (χ3v) is 2.15. The first-order valence-electron chi connectivity index (χ1n) is 4.79. The van der Waals surface area contributed by atoms with Crippen LogP contribution < -0.4 is 11.3 Å². The summed E-state index contributed by atoms with van der Waals surface area (Å²) < 4.78 is 1.31. The fraction of sp³-hybridized carbons (Fsp3) is 0. The second-order valence-electron chi connectivity index (χ2n) is 3.26. The Labute approximate surface area is 100 Å². The molecule has 1 heterocycles. The van der Waals surface area contributed by atoms with Crippen LogP contribution >= 0.6 is 0 Å². The van der Waals surface area contributed by atoms with Crippen molar-refractivity contribution in [3.8, 4) is 5.69 Å². The highest BCUT2D eigenvalue weighted by Crippen LogP contribution is 2.14. The average molecular weight is 248 g/mol. The standard InChI is InChI=1S/C9H8N6O3/c10-12-9(16)8-11-5-14(13-8)6-1-3-7(4-2-6)15(17)18/h1-5H,10H2,(H,12,16). The summed E-state index contributed by atoms with van der Waals surface area (Å²) >= 11 is 0. The molecule has 92 valence electrons. The number of amides is 1. The number of nitro benzene ring substituents is 1. The summed E-state index contributed by atoms with van der Waals surface area (Å²) in [6, 6.07) is 5.66. The normalized spacial score (nSPS) is 10.1. The number of carbonyl (C=O) groups excluding carboxylic acids is 1. The Morgan fingerprint density at radius 3 is 2.61 bits per heavy atom. The molecule has 1 aromatic heterocycles. The van der Waals surface area contributed by atoms with E-state index in [-0.39, 0.29) is 11.5 Å². The second kappa shape index (κ2) is 4.59. The van der Waals surface area contributed by atoms with E-state index in [0.717, 1.165) is 0 Å². The van der Waals surface area contributed by atoms with Crippen molar-refractivity contribution in [3.05, 3.63) is 46.5 Å². The van der Waals surface area contributed by atoms with Crippen LogP contribution in [0.15, 0.2) is 30.6 Å². The summed E-state index contributed by atoms with van der Waals surface area (Å²) in [6.45, 7) is 0. The van der Waals surface area contributed by atoms with E-state index in [9.17, 15) is 14.9 Å². The van der Waals surface area contributed by atoms with Crippen LogP contribution in [-0.4, -0.2) is 25.6 Å². The molecule has 0 aliphatic rings. The van der Waals surface area contributed by atoms with Gasteiger partial charge >= 0.3 is 5.91 Å². The predicted molar refractivity (Wildman–Crippen MR) is 59.7 cm³/mol. The Balaban J connectivity index is 2.29. The van der Waals surface area contributed by atoms with Crippen LogP contribution in [0.1, 0.15) is 10.6 Å². The van der Waals surface area contributed by atoms with Gasteiger partial charge in [-0.3, -0.25) is 20.3 Å². The molecule has 0 saturated carbocycles. The summed E-state index contributed by atoms with van der Waals surface area (Å²) in [5, 5.41) is 14.4. The third kappa shape index (κ3) is 2.15. The van der Waals surface area contributed by atoms with Crippen molar-refractivity contribution in [1.29, 1.82) is 0 Å². The molecule has 1 aromatic carbocycles. The van der Waals surface area contributed by atoms with Gasteiger partial charge in [0.15, 0.2) is 0 Å². The highest BCUT2D eigenvalue weighted by Gasteiger charge is 2.11. The quantitative estimate of drug-likeness (QED) is 0.334. The van der Waals surface area contributed by atoms with Crippen LogP contribution in [0.25, 0.3) is 5.69 Å². The van der Waals surface area contributed by atoms with E-state index in [2.05, 4.69) is 10.1 Å². The fourth-order valence-corrected chi connectivity index (χ4v) is 1.28. The first-order chi connectivity index (χ1) is 8.61. The fourth-order valence-electron chi connectivity index (χ4n) is 1.28. The van der Waals surface area contributed by atoms with E-state index in [0.29, 0.717) is 5.69 Å². The van der Waals surface area contributed by atoms with Crippen LogP contribution in [0.4, 0.5) is 5.69 Å². The molecule has 1 amide bonds. The van der Waals surface area contributed by atoms with E-state index >= 15 is 0 Å². The zero-order chi connectivity index (χ0) is 13.1. The summed E-state index contributed by atoms with van der Waals surface area (Å²) in [6.07, 6.45) is 1.31. The molecule has 0 unspecified atom stereocenters. The predicted octanol–water partition coefficient (Wildman–Crippen LogP) is -0.221. The van der Waals surface area contributed by atoms with Gasteiger partial charge in [-0.05, 0) is 12.1 Å². The molecule has 0 spiro atoms. The largest absolute Gasteiger partial charge is 0.304 e. The number of aromatic nitrogens is 3. The van der Waals surface area contributed by atoms with Crippen molar-refractivity contribution in [2.75, 3.05) is 0 Å². The Hall–Kier alpha value is -2.81. The molecule has 2 aromatic rings. The van der Waals surface area contributed by atoms with Gasteiger partial charge in [-0.1, -0.05) is 0 Å². The zero-order valence-electron chi connectivity index (χ0n) is 8.98. The van der Waals surface area contributed by atoms with E-state index in [1.807, 2.05) is 5.43 Å². The van der Waals surface area contributed by atoms with E-state index in [1.165, 1.54) is 35.3 Å². The number of benzene rings is 1. The van der Waals surface area contributed by atoms with Crippen molar-refractivity contribution in [2.24, 2.45) is 5.84 Å². The van der Waals surface area contributed by atoms with Crippen LogP contribution in [0.3, 0.4) is 0 Å². The Morgan fingerprint density at radius 1 is 1.39 bits per heavy atom. The first-order valence-corrected chi connectivity index (χ1v) is 4.79. The molecule has 0 bridgehead atoms. The second-order valence-corrected chi connectivity index (χ2v) is 3.26. The molecule has 0 aliphatic heterocycles. The number of nitrogen functional groups attached to an aromatic ring is 1. The number of rotatable bonds is 3. The number of nitrogens with one attached hydrogen (secondary N) is 1. The van der Waals surface area contributed by atoms with Gasteiger partial charge in [0.25, 0.3) is 5.69 Å². The molecule has 2 rings (SSSR count). The zero-order valence-corrected chi connectivity index (χ0v) is 8.98. The van der Waals surface area contributed by atoms with Crippen molar-refractivity contribution in [2.45, 2.75) is 0 Å². The minimum atomic E-state index is -0.615. The Kier molecular flexibility index (Phi) is 2.98. The SMILES string of the molecule is NNC(=O)c1ncn(-c2ccc([N+](=O)[O-])cc2)n1. The number of hydrazine groups is 1. The van der Waals surface area contributed by atoms with Crippen LogP contribution in [-0.2, 0) is 0 Å². The molecule has 0 saturated heterocycles. The van der Waals surface area contributed by atoms with Crippen LogP contribution in [0.5, 0.6) is 0 Å². The first kappa shape index (κ1) is 11.7. The molecule has 9 nitrogen and oxygen atoms in total. The minimum absolute atomic E-state index is 0.0289. The van der Waals surface area contributed by atoms with Gasteiger partial charge in [-0.2, -0.15) is 0 Å². The third-order valence-electron chi connectivity index (χ3n) is 2.15. The lowest BCUT2D eigenvalue weighted by atomic mass is 10.3. The number of hydrogen-bond donors (Lipinski definition) is 2. The van der Waals surface area contributed by atoms with Gasteiger partial charge in [0.1, 0.15) is 6.33 Å². The van der Waals surface area contributed by atoms with E-state index in [4.69, 9.17) is 5.84 Å². The monoisotopic (exact) mass is 248 g/mol. The summed E-state index contributed by atoms with van der Waals surface area (Å²) in [4.78, 5) is 24.9. The van der Waals surface area contributed by atoms with Gasteiger partial charge in [0, 0.05) is 12.1 Å². The maximum absolute atomic E-state index is 11.1. The molecule has 0 fully saturated rings. The van der Waals surface area contributed by atoms with E-state index < -0.39 is 10.8 Å². The highest BCUT2D eigenvalue weighted by molar-refractivity contribution is 5.89. The van der Waals surface area contributed by atoms with Gasteiger partial charge in [-0.25, -0.2) is 15.5 Å². The lowest BCUT2D eigenvalue weighted by Gasteiger charge is -1.99. The summed E-state index contributed by atoms with van der Waals surface area (Å²) in [5.74, 6) is 4.24. The maximum atomic E-state index is 11.1. The van der Waals surface area contributed by atoms with Gasteiger partial charge < -0.3 is 0 Å². The molecule has 3 N–H and O–H groups in total. The number of nitrogens with zero attached hydrogens (tertiary/aromatic N) is 4. The molecule has 9 heteroatoms. The number of nitrogens with two attached hydrogens (primary N) is 1. The highest BCUT2D eigenvalue weighted by atomic mass is 16.6.